The fourth-order valence-electron chi connectivity index (χ4n) is 5.27. The zero-order valence-corrected chi connectivity index (χ0v) is 24.2. The number of carbonyl (C=O) groups is 4. The van der Waals surface area contributed by atoms with Gasteiger partial charge in [-0.2, -0.15) is 0 Å². The molecule has 2 aliphatic heterocycles. The number of imide groups is 1. The lowest BCUT2D eigenvalue weighted by Crippen LogP contribution is -2.33. The summed E-state index contributed by atoms with van der Waals surface area (Å²) in [5.41, 5.74) is 1.66. The SMILES string of the molecule is CCOC(=O)c1ccc(NC(=O)Cn2c3c(sc2=O)[C@H](c2cccnc2)C2C(=O)N(c4ccc(F)cc4)C(=O)C2S3)cc1. The first kappa shape index (κ1) is 28.5. The van der Waals surface area contributed by atoms with Crippen molar-refractivity contribution in [2.24, 2.45) is 5.92 Å². The lowest BCUT2D eigenvalue weighted by Gasteiger charge is -2.30. The Balaban J connectivity index is 1.32. The summed E-state index contributed by atoms with van der Waals surface area (Å²) in [5, 5.41) is 2.28. The van der Waals surface area contributed by atoms with Gasteiger partial charge in [0.15, 0.2) is 0 Å². The lowest BCUT2D eigenvalue weighted by atomic mass is 9.84. The van der Waals surface area contributed by atoms with E-state index < -0.39 is 51.5 Å². The summed E-state index contributed by atoms with van der Waals surface area (Å²) in [4.78, 5) is 71.2. The molecule has 2 unspecified atom stereocenters. The van der Waals surface area contributed by atoms with E-state index in [9.17, 15) is 28.4 Å². The number of hydrogen-bond acceptors (Lipinski definition) is 9. The van der Waals surface area contributed by atoms with Crippen LogP contribution in [0.25, 0.3) is 0 Å². The highest BCUT2D eigenvalue weighted by atomic mass is 32.2. The molecule has 3 atom stereocenters. The molecule has 1 fully saturated rings. The highest BCUT2D eigenvalue weighted by molar-refractivity contribution is 8.00. The zero-order chi connectivity index (χ0) is 30.2. The van der Waals surface area contributed by atoms with Crippen molar-refractivity contribution < 1.29 is 28.3 Å². The van der Waals surface area contributed by atoms with Gasteiger partial charge in [0.2, 0.25) is 17.7 Å². The van der Waals surface area contributed by atoms with Crippen LogP contribution in [0.1, 0.15) is 33.6 Å². The molecule has 0 aliphatic carbocycles. The first-order valence-corrected chi connectivity index (χ1v) is 15.0. The monoisotopic (exact) mass is 618 g/mol. The largest absolute Gasteiger partial charge is 0.462 e. The number of fused-ring (bicyclic) bond motifs is 2. The number of ether oxygens (including phenoxy) is 1. The van der Waals surface area contributed by atoms with Crippen LogP contribution < -0.4 is 15.1 Å². The van der Waals surface area contributed by atoms with Crippen LogP contribution in [0, 0.1) is 11.7 Å². The number of halogens is 1. The molecule has 2 aromatic heterocycles. The van der Waals surface area contributed by atoms with E-state index in [1.54, 1.807) is 43.6 Å². The van der Waals surface area contributed by atoms with Gasteiger partial charge < -0.3 is 10.1 Å². The number of aromatic nitrogens is 2. The minimum atomic E-state index is -0.881. The predicted octanol–water partition coefficient (Wildman–Crippen LogP) is 4.06. The Labute approximate surface area is 252 Å². The maximum absolute atomic E-state index is 13.8. The van der Waals surface area contributed by atoms with Gasteiger partial charge in [-0.05, 0) is 67.1 Å². The van der Waals surface area contributed by atoms with Gasteiger partial charge in [-0.1, -0.05) is 29.2 Å². The number of amides is 3. The van der Waals surface area contributed by atoms with Gasteiger partial charge in [0.1, 0.15) is 17.6 Å². The molecule has 0 radical (unpaired) electrons. The zero-order valence-electron chi connectivity index (χ0n) is 22.6. The van der Waals surface area contributed by atoms with Gasteiger partial charge in [-0.15, -0.1) is 0 Å². The molecule has 1 saturated heterocycles. The average Bonchev–Trinajstić information content (AvgIpc) is 3.44. The highest BCUT2D eigenvalue weighted by Crippen LogP contribution is 2.53. The van der Waals surface area contributed by atoms with E-state index in [4.69, 9.17) is 4.74 Å². The summed E-state index contributed by atoms with van der Waals surface area (Å²) in [7, 11) is 0. The average molecular weight is 619 g/mol. The van der Waals surface area contributed by atoms with Crippen molar-refractivity contribution in [2.75, 3.05) is 16.8 Å². The van der Waals surface area contributed by atoms with E-state index in [1.165, 1.54) is 41.0 Å². The number of esters is 1. The smallest absolute Gasteiger partial charge is 0.338 e. The summed E-state index contributed by atoms with van der Waals surface area (Å²) in [6.07, 6.45) is 3.18. The van der Waals surface area contributed by atoms with E-state index in [2.05, 4.69) is 10.3 Å². The van der Waals surface area contributed by atoms with Crippen molar-refractivity contribution in [1.82, 2.24) is 9.55 Å². The molecule has 43 heavy (non-hydrogen) atoms. The first-order chi connectivity index (χ1) is 20.8. The Morgan fingerprint density at radius 2 is 1.77 bits per heavy atom. The van der Waals surface area contributed by atoms with Crippen LogP contribution in [0.2, 0.25) is 0 Å². The third-order valence-electron chi connectivity index (χ3n) is 7.16. The molecule has 2 aliphatic rings. The van der Waals surface area contributed by atoms with Gasteiger partial charge >= 0.3 is 10.8 Å². The van der Waals surface area contributed by atoms with Gasteiger partial charge in [0.05, 0.1) is 28.8 Å². The van der Waals surface area contributed by atoms with E-state index in [-0.39, 0.29) is 18.8 Å². The van der Waals surface area contributed by atoms with Crippen LogP contribution in [0.15, 0.2) is 82.9 Å². The number of anilines is 2. The number of carbonyl (C=O) groups excluding carboxylic acids is 4. The maximum Gasteiger partial charge on any atom is 0.338 e. The summed E-state index contributed by atoms with van der Waals surface area (Å²) in [5.74, 6) is -3.90. The molecule has 0 bridgehead atoms. The van der Waals surface area contributed by atoms with Crippen LogP contribution in [0.5, 0.6) is 0 Å². The van der Waals surface area contributed by atoms with Gasteiger partial charge in [0, 0.05) is 28.9 Å². The maximum atomic E-state index is 13.8. The Kier molecular flexibility index (Phi) is 7.67. The number of pyridine rings is 1. The Hall–Kier alpha value is -4.62. The topological polar surface area (TPSA) is 128 Å². The second-order valence-corrected chi connectivity index (χ2v) is 11.9. The van der Waals surface area contributed by atoms with Gasteiger partial charge in [-0.3, -0.25) is 28.7 Å². The quantitative estimate of drug-likeness (QED) is 0.243. The van der Waals surface area contributed by atoms with Crippen LogP contribution in [0.4, 0.5) is 15.8 Å². The molecule has 4 aromatic rings. The standard InChI is InChI=1S/C30H23FN4O6S2/c1-2-41-29(39)16-5-9-19(10-6-16)33-21(36)15-34-28-25(43-30(34)40)22(17-4-3-13-32-14-17)23-24(42-28)27(38)35(26(23)37)20-11-7-18(31)8-12-20/h3-14,22-24H,2,15H2,1H3,(H,33,36)/t22-,23?,24?/m1/s1. The summed E-state index contributed by atoms with van der Waals surface area (Å²) >= 11 is 2.01. The van der Waals surface area contributed by atoms with Gasteiger partial charge in [-0.25, -0.2) is 14.1 Å². The third kappa shape index (κ3) is 5.25. The summed E-state index contributed by atoms with van der Waals surface area (Å²) < 4.78 is 19.9. The van der Waals surface area contributed by atoms with Crippen LogP contribution in [-0.4, -0.2) is 45.1 Å². The molecule has 4 heterocycles. The minimum Gasteiger partial charge on any atom is -0.462 e. The fraction of sp³-hybridized carbons (Fsp3) is 0.200. The molecule has 0 spiro atoms. The fourth-order valence-corrected chi connectivity index (χ4v) is 8.04. The number of thiazole rings is 1. The highest BCUT2D eigenvalue weighted by Gasteiger charge is 2.56. The Morgan fingerprint density at radius 1 is 1.02 bits per heavy atom. The number of hydrogen-bond donors (Lipinski definition) is 1. The van der Waals surface area contributed by atoms with Crippen molar-refractivity contribution >= 4 is 58.2 Å². The van der Waals surface area contributed by atoms with Crippen molar-refractivity contribution in [3.05, 3.63) is 105 Å². The third-order valence-corrected chi connectivity index (χ3v) is 9.76. The van der Waals surface area contributed by atoms with E-state index in [0.717, 1.165) is 28.0 Å². The Morgan fingerprint density at radius 3 is 2.44 bits per heavy atom. The molecule has 13 heteroatoms. The number of nitrogens with zero attached hydrogens (tertiary/aromatic N) is 3. The van der Waals surface area contributed by atoms with Gasteiger partial charge in [0.25, 0.3) is 0 Å². The second kappa shape index (κ2) is 11.6. The summed E-state index contributed by atoms with van der Waals surface area (Å²) in [6.45, 7) is 1.61. The molecule has 0 saturated carbocycles. The van der Waals surface area contributed by atoms with Crippen LogP contribution >= 0.6 is 23.1 Å². The predicted molar refractivity (Wildman–Crippen MR) is 158 cm³/mol. The van der Waals surface area contributed by atoms with Crippen molar-refractivity contribution in [1.29, 1.82) is 0 Å². The molecule has 218 valence electrons. The van der Waals surface area contributed by atoms with Crippen molar-refractivity contribution in [3.63, 3.8) is 0 Å². The number of benzene rings is 2. The van der Waals surface area contributed by atoms with Crippen molar-refractivity contribution in [2.45, 2.75) is 29.7 Å². The lowest BCUT2D eigenvalue weighted by molar-refractivity contribution is -0.122. The first-order valence-electron chi connectivity index (χ1n) is 13.3. The van der Waals surface area contributed by atoms with Crippen LogP contribution in [0.3, 0.4) is 0 Å². The van der Waals surface area contributed by atoms with E-state index in [0.29, 0.717) is 26.7 Å². The Bertz CT molecular complexity index is 1790. The minimum absolute atomic E-state index is 0.238. The molecular formula is C30H23FN4O6S2. The summed E-state index contributed by atoms with van der Waals surface area (Å²) in [6, 6.07) is 14.8. The molecule has 6 rings (SSSR count). The molecular weight excluding hydrogens is 595 g/mol. The van der Waals surface area contributed by atoms with Crippen molar-refractivity contribution in [3.8, 4) is 0 Å². The van der Waals surface area contributed by atoms with E-state index >= 15 is 0 Å². The number of rotatable bonds is 7. The van der Waals surface area contributed by atoms with E-state index in [1.807, 2.05) is 0 Å². The molecule has 1 N–H and O–H groups in total. The normalized spacial score (nSPS) is 19.1. The number of thioether (sulfide) groups is 1. The second-order valence-electron chi connectivity index (χ2n) is 9.79. The number of nitrogens with one attached hydrogen (secondary N) is 1. The molecule has 2 aromatic carbocycles. The van der Waals surface area contributed by atoms with Crippen LogP contribution in [-0.2, 0) is 25.7 Å². The molecule has 3 amide bonds. The molecule has 10 nitrogen and oxygen atoms in total.